The molecule has 1 aliphatic carbocycles. The van der Waals surface area contributed by atoms with Crippen LogP contribution in [0.1, 0.15) is 52.9 Å². The van der Waals surface area contributed by atoms with E-state index in [0.29, 0.717) is 0 Å². The molecule has 110 valence electrons. The van der Waals surface area contributed by atoms with Crippen LogP contribution < -0.4 is 15.3 Å². The zero-order valence-corrected chi connectivity index (χ0v) is 13.5. The van der Waals surface area contributed by atoms with Crippen LogP contribution in [0.2, 0.25) is 0 Å². The Morgan fingerprint density at radius 3 is 1.00 bits per heavy atom. The summed E-state index contributed by atoms with van der Waals surface area (Å²) in [5, 5.41) is 26.7. The molecule has 0 aromatic carbocycles. The molecule has 1 fully saturated rings. The Hall–Kier alpha value is -0.902. The number of aliphatic carboxylic acids is 3. The topological polar surface area (TPSA) is 120 Å². The van der Waals surface area contributed by atoms with E-state index in [1.165, 1.54) is 32.1 Å². The van der Waals surface area contributed by atoms with Gasteiger partial charge in [-0.05, 0) is 20.8 Å². The van der Waals surface area contributed by atoms with Gasteiger partial charge in [0, 0.05) is 17.9 Å². The Morgan fingerprint density at radius 1 is 0.737 bits per heavy atom. The molecule has 0 radical (unpaired) electrons. The predicted octanol–water partition coefficient (Wildman–Crippen LogP) is -1.58. The Morgan fingerprint density at radius 2 is 0.947 bits per heavy atom. The fourth-order valence-electron chi connectivity index (χ4n) is 0.898. The van der Waals surface area contributed by atoms with Crippen molar-refractivity contribution in [3.05, 3.63) is 6.42 Å². The monoisotopic (exact) mass is 358 g/mol. The maximum absolute atomic E-state index is 8.89. The molecule has 1 saturated carbocycles. The van der Waals surface area contributed by atoms with E-state index < -0.39 is 17.9 Å². The number of carboxylic acid groups (broad SMARTS) is 3. The smallest absolute Gasteiger partial charge is 0.550 e. The molecule has 1 aliphatic rings. The van der Waals surface area contributed by atoms with Crippen LogP contribution in [0.5, 0.6) is 0 Å². The maximum atomic E-state index is 8.89. The summed E-state index contributed by atoms with van der Waals surface area (Å²) in [5.41, 5.74) is 0. The summed E-state index contributed by atoms with van der Waals surface area (Å²) in [6.07, 6.45) is 9.50. The molecule has 0 aromatic rings. The zero-order valence-electron chi connectivity index (χ0n) is 11.5. The molecule has 0 heterocycles. The third-order valence-electron chi connectivity index (χ3n) is 1.32. The normalized spacial score (nSPS) is 11.5. The summed E-state index contributed by atoms with van der Waals surface area (Å²) >= 11 is 0. The van der Waals surface area contributed by atoms with E-state index in [-0.39, 0.29) is 21.1 Å². The van der Waals surface area contributed by atoms with Crippen LogP contribution >= 0.6 is 0 Å². The Bertz CT molecular complexity index is 174. The average Bonchev–Trinajstić information content (AvgIpc) is 2.17. The van der Waals surface area contributed by atoms with Crippen molar-refractivity contribution < 1.29 is 50.8 Å². The van der Waals surface area contributed by atoms with Gasteiger partial charge in [0.2, 0.25) is 0 Å². The molecule has 6 nitrogen and oxygen atoms in total. The van der Waals surface area contributed by atoms with Crippen molar-refractivity contribution >= 4 is 17.9 Å². The summed E-state index contributed by atoms with van der Waals surface area (Å²) in [7, 11) is 0. The summed E-state index contributed by atoms with van der Waals surface area (Å²) in [5.74, 6) is -3.25. The number of carbonyl (C=O) groups excluding carboxylic acids is 3. The molecular formula is C12H20MoO6. The van der Waals surface area contributed by atoms with E-state index in [2.05, 4.69) is 6.42 Å². The van der Waals surface area contributed by atoms with Crippen molar-refractivity contribution in [3.63, 3.8) is 0 Å². The van der Waals surface area contributed by atoms with Crippen molar-refractivity contribution in [1.29, 1.82) is 0 Å². The van der Waals surface area contributed by atoms with Crippen LogP contribution in [-0.2, 0) is 35.4 Å². The number of carbonyl (C=O) groups is 3. The number of hydrogen-bond donors (Lipinski definition) is 0. The van der Waals surface area contributed by atoms with Crippen molar-refractivity contribution in [2.45, 2.75) is 52.9 Å². The van der Waals surface area contributed by atoms with E-state index in [1.807, 2.05) is 0 Å². The average molecular weight is 356 g/mol. The summed E-state index contributed by atoms with van der Waals surface area (Å²) in [6, 6.07) is 0. The number of hydrogen-bond acceptors (Lipinski definition) is 6. The second kappa shape index (κ2) is 22.3. The molecule has 19 heavy (non-hydrogen) atoms. The van der Waals surface area contributed by atoms with Gasteiger partial charge in [0.15, 0.2) is 0 Å². The van der Waals surface area contributed by atoms with Crippen LogP contribution in [0.3, 0.4) is 0 Å². The van der Waals surface area contributed by atoms with Gasteiger partial charge < -0.3 is 36.1 Å². The van der Waals surface area contributed by atoms with Gasteiger partial charge >= 0.3 is 21.1 Å². The molecule has 0 bridgehead atoms. The van der Waals surface area contributed by atoms with E-state index >= 15 is 0 Å². The fourth-order valence-corrected chi connectivity index (χ4v) is 0.898. The van der Waals surface area contributed by atoms with Crippen molar-refractivity contribution in [3.8, 4) is 0 Å². The van der Waals surface area contributed by atoms with E-state index in [4.69, 9.17) is 29.7 Å². The first-order valence-electron chi connectivity index (χ1n) is 5.54. The zero-order chi connectivity index (χ0) is 15.0. The molecule has 0 spiro atoms. The summed E-state index contributed by atoms with van der Waals surface area (Å²) in [4.78, 5) is 26.7. The molecule has 7 heteroatoms. The predicted molar refractivity (Wildman–Crippen MR) is 59.4 cm³/mol. The van der Waals surface area contributed by atoms with Gasteiger partial charge in [-0.1, -0.05) is 19.3 Å². The molecule has 0 saturated heterocycles. The second-order valence-corrected chi connectivity index (χ2v) is 3.40. The minimum atomic E-state index is -1.08. The van der Waals surface area contributed by atoms with Crippen LogP contribution in [0, 0.1) is 6.42 Å². The van der Waals surface area contributed by atoms with Crippen molar-refractivity contribution in [1.82, 2.24) is 0 Å². The van der Waals surface area contributed by atoms with Crippen molar-refractivity contribution in [2.75, 3.05) is 0 Å². The van der Waals surface area contributed by atoms with E-state index in [0.717, 1.165) is 20.8 Å². The quantitative estimate of drug-likeness (QED) is 0.382. The van der Waals surface area contributed by atoms with E-state index in [1.54, 1.807) is 0 Å². The Kier molecular flexibility index (Phi) is 31.2. The largest absolute Gasteiger partial charge is 4.00 e. The van der Waals surface area contributed by atoms with Gasteiger partial charge in [-0.25, -0.2) is 0 Å². The van der Waals surface area contributed by atoms with Gasteiger partial charge in [0.25, 0.3) is 0 Å². The Labute approximate surface area is 128 Å². The molecule has 0 amide bonds. The van der Waals surface area contributed by atoms with Gasteiger partial charge in [-0.2, -0.15) is 12.8 Å². The van der Waals surface area contributed by atoms with Gasteiger partial charge in [0.05, 0.1) is 0 Å². The Balaban J connectivity index is -0.0000000796. The van der Waals surface area contributed by atoms with Crippen LogP contribution in [0.15, 0.2) is 0 Å². The number of carboxylic acids is 3. The van der Waals surface area contributed by atoms with Gasteiger partial charge in [-0.15, -0.1) is 0 Å². The molecular weight excluding hydrogens is 336 g/mol. The maximum Gasteiger partial charge on any atom is 4.00 e. The molecule has 0 unspecified atom stereocenters. The van der Waals surface area contributed by atoms with Crippen molar-refractivity contribution in [2.24, 2.45) is 0 Å². The molecule has 0 atom stereocenters. The van der Waals surface area contributed by atoms with Crippen LogP contribution in [-0.4, -0.2) is 17.9 Å². The fraction of sp³-hybridized carbons (Fsp3) is 0.667. The number of rotatable bonds is 0. The minimum Gasteiger partial charge on any atom is -0.550 e. The first-order valence-corrected chi connectivity index (χ1v) is 5.54. The standard InChI is InChI=1S/C6H11.3C2H4O2.Mo/c1-2-4-6-5-3-1;3*1-2(3)4;/h1H,2-6H2;3*1H3,(H,3,4);/q-1;;;;+4/p-3. The van der Waals surface area contributed by atoms with Gasteiger partial charge in [-0.3, -0.25) is 0 Å². The first kappa shape index (κ1) is 26.6. The first-order chi connectivity index (χ1) is 8.20. The van der Waals surface area contributed by atoms with Gasteiger partial charge in [0.1, 0.15) is 0 Å². The summed E-state index contributed by atoms with van der Waals surface area (Å²) in [6.45, 7) is 2.92. The summed E-state index contributed by atoms with van der Waals surface area (Å²) < 4.78 is 0. The SMILES string of the molecule is CC(=O)[O-].CC(=O)[O-].CC(=O)[O-].[CH-]1CCCCC1.[Mo+4]. The molecule has 0 N–H and O–H groups in total. The molecule has 0 aromatic heterocycles. The second-order valence-electron chi connectivity index (χ2n) is 3.40. The molecule has 1 rings (SSSR count). The minimum absolute atomic E-state index is 0. The molecule has 0 aliphatic heterocycles. The third-order valence-corrected chi connectivity index (χ3v) is 1.32. The van der Waals surface area contributed by atoms with Crippen LogP contribution in [0.4, 0.5) is 0 Å². The van der Waals surface area contributed by atoms with Crippen LogP contribution in [0.25, 0.3) is 0 Å². The van der Waals surface area contributed by atoms with E-state index in [9.17, 15) is 0 Å². The third kappa shape index (κ3) is 150.